The van der Waals surface area contributed by atoms with E-state index in [9.17, 15) is 38.6 Å². The second kappa shape index (κ2) is 11.0. The van der Waals surface area contributed by atoms with E-state index in [0.29, 0.717) is 11.1 Å². The zero-order chi connectivity index (χ0) is 31.6. The van der Waals surface area contributed by atoms with Gasteiger partial charge in [-0.1, -0.05) is 29.8 Å². The summed E-state index contributed by atoms with van der Waals surface area (Å²) in [6, 6.07) is 11.4. The maximum Gasteiger partial charge on any atom is 0.305 e. The lowest BCUT2D eigenvalue weighted by Gasteiger charge is -2.51. The number of amides is 4. The number of hydrogen-bond acceptors (Lipinski definition) is 7. The Morgan fingerprint density at radius 2 is 1.70 bits per heavy atom. The average molecular weight is 645 g/mol. The molecule has 0 unspecified atom stereocenters. The molecule has 2 aromatic carbocycles. The number of carbonyl (C=O) groups excluding carboxylic acids is 4. The van der Waals surface area contributed by atoms with E-state index in [2.05, 4.69) is 0 Å². The van der Waals surface area contributed by atoms with Crippen LogP contribution in [-0.4, -0.2) is 74.2 Å². The summed E-state index contributed by atoms with van der Waals surface area (Å²) in [6.07, 6.45) is 1.18. The fourth-order valence-electron chi connectivity index (χ4n) is 7.24. The largest absolute Gasteiger partial charge is 0.491 e. The minimum atomic E-state index is -2.14. The molecule has 2 saturated heterocycles. The van der Waals surface area contributed by atoms with Crippen molar-refractivity contribution in [2.24, 2.45) is 17.8 Å². The number of alkyl halides is 2. The third kappa shape index (κ3) is 4.28. The number of benzene rings is 2. The second-order valence-corrected chi connectivity index (χ2v) is 12.6. The predicted molar refractivity (Wildman–Crippen MR) is 155 cm³/mol. The third-order valence-corrected chi connectivity index (χ3v) is 10.5. The van der Waals surface area contributed by atoms with E-state index in [-0.39, 0.29) is 44.0 Å². The molecule has 0 radical (unpaired) electrons. The number of aliphatic carboxylic acids is 1. The first-order valence-corrected chi connectivity index (χ1v) is 14.8. The summed E-state index contributed by atoms with van der Waals surface area (Å²) >= 11 is 14.6. The van der Waals surface area contributed by atoms with Gasteiger partial charge in [-0.2, -0.15) is 0 Å². The van der Waals surface area contributed by atoms with Crippen molar-refractivity contribution in [3.8, 4) is 5.75 Å². The fraction of sp³-hybridized carbons (Fsp3) is 0.387. The Bertz CT molecular complexity index is 1620. The molecule has 13 heteroatoms. The van der Waals surface area contributed by atoms with E-state index in [0.717, 1.165) is 21.9 Å². The summed E-state index contributed by atoms with van der Waals surface area (Å²) in [4.78, 5) is 64.5. The highest BCUT2D eigenvalue weighted by Gasteiger charge is 2.76. The number of anilines is 1. The van der Waals surface area contributed by atoms with Crippen LogP contribution in [0.25, 0.3) is 0 Å². The van der Waals surface area contributed by atoms with Gasteiger partial charge in [0.2, 0.25) is 11.8 Å². The van der Waals surface area contributed by atoms with Gasteiger partial charge in [0, 0.05) is 18.0 Å². The van der Waals surface area contributed by atoms with Gasteiger partial charge < -0.3 is 14.9 Å². The Hall–Kier alpha value is -3.80. The summed E-state index contributed by atoms with van der Waals surface area (Å²) < 4.78 is 19.6. The molecule has 2 aromatic rings. The SMILES string of the molecule is O=C(O)CCN1C(=O)[C@H]2[C@H](CC=C3[C@H]2C[C@@]2(Cl)C(=O)N(c4ccc(F)cc4)C(=O)[C@@]2(Cl)[C@H]3c2ccccc2OCCO)C1=O. The molecule has 2 heterocycles. The molecule has 2 aliphatic heterocycles. The highest BCUT2D eigenvalue weighted by molar-refractivity contribution is 6.58. The van der Waals surface area contributed by atoms with Crippen LogP contribution in [0.4, 0.5) is 10.1 Å². The molecule has 1 saturated carbocycles. The standard InChI is InChI=1S/C31H27Cl2FN2O8/c32-30-15-21-18(9-10-20-24(21)27(41)35(26(20)40)12-11-23(38)39)25(19-3-1-2-4-22(19)44-14-13-37)31(30,33)29(43)36(28(30)42)17-7-5-16(34)6-8-17/h1-9,20-21,24-25,37H,10-15H2,(H,38,39)/t20-,21+,24-,25+,30+,31-/m0/s1. The molecule has 2 N–H and O–H groups in total. The van der Waals surface area contributed by atoms with Crippen LogP contribution >= 0.6 is 23.2 Å². The summed E-state index contributed by atoms with van der Waals surface area (Å²) in [5, 5.41) is 18.6. The number of carboxylic acids is 1. The number of aliphatic hydroxyl groups excluding tert-OH is 1. The lowest BCUT2D eigenvalue weighted by molar-refractivity contribution is -0.142. The summed E-state index contributed by atoms with van der Waals surface area (Å²) in [7, 11) is 0. The number of fused-ring (bicyclic) bond motifs is 4. The Balaban J connectivity index is 1.52. The Morgan fingerprint density at radius 3 is 2.39 bits per heavy atom. The van der Waals surface area contributed by atoms with Gasteiger partial charge in [-0.05, 0) is 49.1 Å². The van der Waals surface area contributed by atoms with Crippen molar-refractivity contribution in [3.63, 3.8) is 0 Å². The van der Waals surface area contributed by atoms with Crippen LogP contribution < -0.4 is 9.64 Å². The summed E-state index contributed by atoms with van der Waals surface area (Å²) in [5.74, 6) is -7.97. The number of carboxylic acid groups (broad SMARTS) is 1. The van der Waals surface area contributed by atoms with Crippen molar-refractivity contribution in [2.75, 3.05) is 24.7 Å². The van der Waals surface area contributed by atoms with Crippen LogP contribution in [0.15, 0.2) is 60.2 Å². The topological polar surface area (TPSA) is 142 Å². The fourth-order valence-corrected chi connectivity index (χ4v) is 8.17. The van der Waals surface area contributed by atoms with E-state index in [1.807, 2.05) is 0 Å². The lowest BCUT2D eigenvalue weighted by Crippen LogP contribution is -2.60. The molecule has 6 rings (SSSR count). The number of allylic oxidation sites excluding steroid dienone is 2. The molecule has 230 valence electrons. The molecular weight excluding hydrogens is 618 g/mol. The number of ether oxygens (including phenoxy) is 1. The lowest BCUT2D eigenvalue weighted by atomic mass is 9.56. The zero-order valence-electron chi connectivity index (χ0n) is 23.1. The molecule has 4 aliphatic rings. The molecule has 2 aliphatic carbocycles. The average Bonchev–Trinajstić information content (AvgIpc) is 3.33. The van der Waals surface area contributed by atoms with Gasteiger partial charge in [0.1, 0.15) is 18.2 Å². The van der Waals surface area contributed by atoms with E-state index in [1.165, 1.54) is 12.1 Å². The second-order valence-electron chi connectivity index (χ2n) is 11.3. The van der Waals surface area contributed by atoms with Gasteiger partial charge in [-0.15, -0.1) is 23.2 Å². The molecule has 0 aromatic heterocycles. The van der Waals surface area contributed by atoms with Crippen LogP contribution in [0, 0.1) is 23.6 Å². The van der Waals surface area contributed by atoms with Crippen molar-refractivity contribution in [2.45, 2.75) is 34.9 Å². The molecule has 0 spiro atoms. The maximum atomic E-state index is 14.4. The monoisotopic (exact) mass is 644 g/mol. The van der Waals surface area contributed by atoms with Gasteiger partial charge >= 0.3 is 5.97 Å². The molecular formula is C31H27Cl2FN2O8. The predicted octanol–water partition coefficient (Wildman–Crippen LogP) is 3.23. The number of imide groups is 2. The first kappa shape index (κ1) is 30.2. The van der Waals surface area contributed by atoms with E-state index < -0.39 is 75.3 Å². The van der Waals surface area contributed by atoms with Gasteiger partial charge in [0.05, 0.1) is 30.6 Å². The molecule has 4 amide bonds. The van der Waals surface area contributed by atoms with Gasteiger partial charge in [0.25, 0.3) is 11.8 Å². The van der Waals surface area contributed by atoms with Crippen LogP contribution in [-0.2, 0) is 24.0 Å². The highest BCUT2D eigenvalue weighted by atomic mass is 35.5. The minimum Gasteiger partial charge on any atom is -0.491 e. The van der Waals surface area contributed by atoms with E-state index >= 15 is 0 Å². The first-order valence-electron chi connectivity index (χ1n) is 14.1. The van der Waals surface area contributed by atoms with Crippen LogP contribution in [0.2, 0.25) is 0 Å². The number of aliphatic hydroxyl groups is 1. The normalized spacial score (nSPS) is 31.0. The van der Waals surface area contributed by atoms with Crippen molar-refractivity contribution < 1.29 is 43.3 Å². The van der Waals surface area contributed by atoms with E-state index in [1.54, 1.807) is 30.3 Å². The number of hydrogen-bond donors (Lipinski definition) is 2. The Kier molecular flexibility index (Phi) is 7.54. The third-order valence-electron chi connectivity index (χ3n) is 9.12. The van der Waals surface area contributed by atoms with Crippen molar-refractivity contribution >= 4 is 58.5 Å². The van der Waals surface area contributed by atoms with Gasteiger partial charge in [-0.3, -0.25) is 28.9 Å². The van der Waals surface area contributed by atoms with E-state index in [4.69, 9.17) is 27.9 Å². The zero-order valence-corrected chi connectivity index (χ0v) is 24.6. The summed E-state index contributed by atoms with van der Waals surface area (Å²) in [5.41, 5.74) is 0.971. The number of halogens is 3. The highest BCUT2D eigenvalue weighted by Crippen LogP contribution is 2.66. The first-order chi connectivity index (χ1) is 21.0. The number of nitrogens with zero attached hydrogens (tertiary/aromatic N) is 2. The van der Waals surface area contributed by atoms with Gasteiger partial charge in [-0.25, -0.2) is 9.29 Å². The molecule has 3 fully saturated rings. The molecule has 10 nitrogen and oxygen atoms in total. The number of carbonyl (C=O) groups is 5. The van der Waals surface area contributed by atoms with Crippen molar-refractivity contribution in [3.05, 3.63) is 71.6 Å². The number of likely N-dealkylation sites (tertiary alicyclic amines) is 1. The Labute approximate surface area is 261 Å². The number of rotatable bonds is 8. The van der Waals surface area contributed by atoms with Crippen molar-refractivity contribution in [1.82, 2.24) is 4.90 Å². The molecule has 6 atom stereocenters. The number of para-hydroxylation sites is 1. The van der Waals surface area contributed by atoms with Crippen LogP contribution in [0.1, 0.15) is 30.7 Å². The van der Waals surface area contributed by atoms with Gasteiger partial charge in [0.15, 0.2) is 9.75 Å². The van der Waals surface area contributed by atoms with Crippen LogP contribution in [0.5, 0.6) is 5.75 Å². The Morgan fingerprint density at radius 1 is 1.00 bits per heavy atom. The van der Waals surface area contributed by atoms with Crippen LogP contribution in [0.3, 0.4) is 0 Å². The minimum absolute atomic E-state index is 0.0567. The smallest absolute Gasteiger partial charge is 0.305 e. The van der Waals surface area contributed by atoms with Crippen molar-refractivity contribution in [1.29, 1.82) is 0 Å². The maximum absolute atomic E-state index is 14.4. The molecule has 0 bridgehead atoms. The quantitative estimate of drug-likeness (QED) is 0.253. The summed E-state index contributed by atoms with van der Waals surface area (Å²) in [6.45, 7) is -0.694. The molecule has 44 heavy (non-hydrogen) atoms.